The fourth-order valence-corrected chi connectivity index (χ4v) is 2.53. The Bertz CT molecular complexity index is 868. The fourth-order valence-electron chi connectivity index (χ4n) is 2.26. The molecule has 3 aromatic rings. The molecule has 0 unspecified atom stereocenters. The highest BCUT2D eigenvalue weighted by molar-refractivity contribution is 9.10. The van der Waals surface area contributed by atoms with Crippen molar-refractivity contribution in [2.75, 3.05) is 0 Å². The van der Waals surface area contributed by atoms with Gasteiger partial charge in [0.15, 0.2) is 0 Å². The Labute approximate surface area is 142 Å². The number of para-hydroxylation sites is 2. The first-order valence-electron chi connectivity index (χ1n) is 7.11. The number of aromatic nitrogens is 2. The quantitative estimate of drug-likeness (QED) is 0.566. The van der Waals surface area contributed by atoms with Crippen molar-refractivity contribution in [2.24, 2.45) is 12.1 Å². The highest BCUT2D eigenvalue weighted by Gasteiger charge is 2.10. The minimum absolute atomic E-state index is 0.183. The van der Waals surface area contributed by atoms with Gasteiger partial charge < -0.3 is 4.57 Å². The third kappa shape index (κ3) is 3.65. The summed E-state index contributed by atoms with van der Waals surface area (Å²) in [5, 5.41) is 3.97. The zero-order chi connectivity index (χ0) is 16.2. The maximum atomic E-state index is 12.0. The molecule has 0 saturated carbocycles. The monoisotopic (exact) mass is 370 g/mol. The van der Waals surface area contributed by atoms with Gasteiger partial charge in [-0.25, -0.2) is 10.4 Å². The lowest BCUT2D eigenvalue weighted by Gasteiger charge is -2.01. The lowest BCUT2D eigenvalue weighted by molar-refractivity contribution is -0.120. The van der Waals surface area contributed by atoms with Gasteiger partial charge in [0, 0.05) is 11.5 Å². The van der Waals surface area contributed by atoms with Crippen LogP contribution in [0.1, 0.15) is 11.4 Å². The molecule has 1 amide bonds. The van der Waals surface area contributed by atoms with Crippen molar-refractivity contribution < 1.29 is 4.79 Å². The number of aryl methyl sites for hydroxylation is 1. The van der Waals surface area contributed by atoms with Crippen LogP contribution >= 0.6 is 15.9 Å². The molecule has 0 spiro atoms. The van der Waals surface area contributed by atoms with Gasteiger partial charge >= 0.3 is 0 Å². The van der Waals surface area contributed by atoms with Crippen LogP contribution in [-0.4, -0.2) is 21.7 Å². The predicted octanol–water partition coefficient (Wildman–Crippen LogP) is 3.03. The van der Waals surface area contributed by atoms with E-state index in [1.165, 1.54) is 0 Å². The highest BCUT2D eigenvalue weighted by Crippen LogP contribution is 2.14. The molecule has 0 aliphatic rings. The summed E-state index contributed by atoms with van der Waals surface area (Å²) >= 11 is 3.37. The summed E-state index contributed by atoms with van der Waals surface area (Å²) in [7, 11) is 1.91. The number of imidazole rings is 1. The molecule has 1 heterocycles. The van der Waals surface area contributed by atoms with Crippen molar-refractivity contribution in [2.45, 2.75) is 6.42 Å². The molecule has 0 bridgehead atoms. The van der Waals surface area contributed by atoms with Crippen LogP contribution in [-0.2, 0) is 18.3 Å². The highest BCUT2D eigenvalue weighted by atomic mass is 79.9. The minimum Gasteiger partial charge on any atom is -0.331 e. The number of hydrogen-bond donors (Lipinski definition) is 1. The number of fused-ring (bicyclic) bond motifs is 1. The number of nitrogens with one attached hydrogen (secondary N) is 1. The molecule has 0 radical (unpaired) electrons. The van der Waals surface area contributed by atoms with E-state index in [4.69, 9.17) is 0 Å². The number of carbonyl (C=O) groups is 1. The van der Waals surface area contributed by atoms with Gasteiger partial charge in [-0.1, -0.05) is 40.2 Å². The molecule has 3 rings (SSSR count). The second kappa shape index (κ2) is 6.75. The van der Waals surface area contributed by atoms with Crippen molar-refractivity contribution in [3.05, 3.63) is 64.4 Å². The van der Waals surface area contributed by atoms with Crippen LogP contribution < -0.4 is 5.43 Å². The number of nitrogens with zero attached hydrogens (tertiary/aromatic N) is 3. The van der Waals surface area contributed by atoms with Gasteiger partial charge in [-0.15, -0.1) is 0 Å². The third-order valence-corrected chi connectivity index (χ3v) is 4.00. The van der Waals surface area contributed by atoms with E-state index >= 15 is 0 Å². The largest absolute Gasteiger partial charge is 0.331 e. The molecular formula is C17H15BrN4O. The van der Waals surface area contributed by atoms with Gasteiger partial charge in [-0.05, 0) is 29.8 Å². The van der Waals surface area contributed by atoms with Crippen LogP contribution in [0.3, 0.4) is 0 Å². The number of halogens is 1. The molecule has 0 fully saturated rings. The van der Waals surface area contributed by atoms with E-state index in [1.807, 2.05) is 60.1 Å². The van der Waals surface area contributed by atoms with Crippen LogP contribution in [0.15, 0.2) is 58.1 Å². The second-order valence-electron chi connectivity index (χ2n) is 5.10. The average molecular weight is 371 g/mol. The van der Waals surface area contributed by atoms with E-state index < -0.39 is 0 Å². The van der Waals surface area contributed by atoms with Crippen molar-refractivity contribution in [3.63, 3.8) is 0 Å². The van der Waals surface area contributed by atoms with Gasteiger partial charge in [-0.3, -0.25) is 4.79 Å². The van der Waals surface area contributed by atoms with Crippen molar-refractivity contribution in [1.29, 1.82) is 0 Å². The van der Waals surface area contributed by atoms with E-state index in [9.17, 15) is 4.79 Å². The zero-order valence-electron chi connectivity index (χ0n) is 12.5. The van der Waals surface area contributed by atoms with Gasteiger partial charge in [0.05, 0.1) is 23.7 Å². The lowest BCUT2D eigenvalue weighted by Crippen LogP contribution is -2.21. The fraction of sp³-hybridized carbons (Fsp3) is 0.118. The normalized spacial score (nSPS) is 11.2. The van der Waals surface area contributed by atoms with Gasteiger partial charge in [0.25, 0.3) is 0 Å². The summed E-state index contributed by atoms with van der Waals surface area (Å²) in [6.07, 6.45) is 1.79. The molecule has 0 atom stereocenters. The minimum atomic E-state index is -0.197. The Kier molecular flexibility index (Phi) is 4.52. The molecule has 1 aromatic heterocycles. The van der Waals surface area contributed by atoms with Crippen LogP contribution in [0.25, 0.3) is 11.0 Å². The first kappa shape index (κ1) is 15.4. The first-order valence-corrected chi connectivity index (χ1v) is 7.90. The van der Waals surface area contributed by atoms with E-state index in [1.54, 1.807) is 6.21 Å². The Morgan fingerprint density at radius 3 is 2.74 bits per heavy atom. The molecule has 0 aliphatic heterocycles. The van der Waals surface area contributed by atoms with E-state index in [2.05, 4.69) is 31.4 Å². The number of amides is 1. The second-order valence-corrected chi connectivity index (χ2v) is 6.01. The zero-order valence-corrected chi connectivity index (χ0v) is 14.1. The maximum absolute atomic E-state index is 12.0. The average Bonchev–Trinajstić information content (AvgIpc) is 2.86. The molecule has 2 aromatic carbocycles. The summed E-state index contributed by atoms with van der Waals surface area (Å²) in [6, 6.07) is 15.5. The summed E-state index contributed by atoms with van der Waals surface area (Å²) in [6.45, 7) is 0. The molecule has 6 heteroatoms. The lowest BCUT2D eigenvalue weighted by atomic mass is 10.2. The number of hydrazone groups is 1. The van der Waals surface area contributed by atoms with Gasteiger partial charge in [-0.2, -0.15) is 5.10 Å². The Morgan fingerprint density at radius 2 is 2.00 bits per heavy atom. The van der Waals surface area contributed by atoms with Crippen LogP contribution in [0, 0.1) is 0 Å². The summed E-state index contributed by atoms with van der Waals surface area (Å²) in [5.74, 6) is 0.513. The Morgan fingerprint density at radius 1 is 1.26 bits per heavy atom. The summed E-state index contributed by atoms with van der Waals surface area (Å²) in [5.41, 5.74) is 5.34. The smallest absolute Gasteiger partial charge is 0.247 e. The molecule has 0 saturated heterocycles. The standard InChI is InChI=1S/C17H15BrN4O/c1-22-15-5-3-2-4-14(15)20-16(22)10-17(23)21-19-11-12-6-8-13(18)9-7-12/h2-9,11H,10H2,1H3,(H,21,23)/b19-11+. The van der Waals surface area contributed by atoms with E-state index in [-0.39, 0.29) is 12.3 Å². The maximum Gasteiger partial charge on any atom is 0.247 e. The van der Waals surface area contributed by atoms with Gasteiger partial charge in [0.1, 0.15) is 5.82 Å². The molecular weight excluding hydrogens is 356 g/mol. The summed E-state index contributed by atoms with van der Waals surface area (Å²) in [4.78, 5) is 16.5. The van der Waals surface area contributed by atoms with Crippen LogP contribution in [0.2, 0.25) is 0 Å². The topological polar surface area (TPSA) is 59.3 Å². The van der Waals surface area contributed by atoms with Crippen LogP contribution in [0.5, 0.6) is 0 Å². The number of rotatable bonds is 4. The van der Waals surface area contributed by atoms with E-state index in [0.717, 1.165) is 21.1 Å². The Hall–Kier alpha value is -2.47. The van der Waals surface area contributed by atoms with Crippen molar-refractivity contribution in [1.82, 2.24) is 15.0 Å². The van der Waals surface area contributed by atoms with Crippen LogP contribution in [0.4, 0.5) is 0 Å². The van der Waals surface area contributed by atoms with Gasteiger partial charge in [0.2, 0.25) is 5.91 Å². The third-order valence-electron chi connectivity index (χ3n) is 3.47. The SMILES string of the molecule is Cn1c(CC(=O)N/N=C/c2ccc(Br)cc2)nc2ccccc21. The molecule has 5 nitrogen and oxygen atoms in total. The Balaban J connectivity index is 1.64. The summed E-state index contributed by atoms with van der Waals surface area (Å²) < 4.78 is 2.92. The molecule has 1 N–H and O–H groups in total. The number of hydrogen-bond acceptors (Lipinski definition) is 3. The predicted molar refractivity (Wildman–Crippen MR) is 94.3 cm³/mol. The first-order chi connectivity index (χ1) is 11.1. The molecule has 23 heavy (non-hydrogen) atoms. The molecule has 116 valence electrons. The molecule has 0 aliphatic carbocycles. The van der Waals surface area contributed by atoms with Crippen molar-refractivity contribution >= 4 is 39.1 Å². The van der Waals surface area contributed by atoms with Crippen molar-refractivity contribution in [3.8, 4) is 0 Å². The number of benzene rings is 2. The van der Waals surface area contributed by atoms with E-state index in [0.29, 0.717) is 5.82 Å². The number of carbonyl (C=O) groups excluding carboxylic acids is 1.